The van der Waals surface area contributed by atoms with Crippen LogP contribution in [0.1, 0.15) is 44.7 Å². The maximum Gasteiger partial charge on any atom is 0.233 e. The summed E-state index contributed by atoms with van der Waals surface area (Å²) in [6.07, 6.45) is 2.48. The maximum atomic E-state index is 12.5. The number of amides is 1. The molecule has 0 saturated carbocycles. The number of carbonyl (C=O) groups excluding carboxylic acids is 1. The molecule has 4 heteroatoms. The molecule has 4 nitrogen and oxygen atoms in total. The van der Waals surface area contributed by atoms with Crippen molar-refractivity contribution in [2.24, 2.45) is 0 Å². The van der Waals surface area contributed by atoms with Gasteiger partial charge in [0, 0.05) is 12.1 Å². The fourth-order valence-corrected chi connectivity index (χ4v) is 2.30. The average molecular weight is 271 g/mol. The summed E-state index contributed by atoms with van der Waals surface area (Å²) in [5.74, 6) is 0.632. The molecule has 2 aromatic rings. The van der Waals surface area contributed by atoms with Crippen LogP contribution in [0.2, 0.25) is 0 Å². The molecule has 1 N–H and O–H groups in total. The van der Waals surface area contributed by atoms with E-state index in [4.69, 9.17) is 0 Å². The smallest absolute Gasteiger partial charge is 0.233 e. The standard InChI is InChI=1S/C16H21N3O/c1-4-14(13-8-6-5-7-9-13)16(20)18-15-10-11-17-19(15)12(2)3/h5-12,14H,4H2,1-3H3,(H,18,20). The Morgan fingerprint density at radius 1 is 1.25 bits per heavy atom. The highest BCUT2D eigenvalue weighted by atomic mass is 16.2. The van der Waals surface area contributed by atoms with Crippen molar-refractivity contribution in [1.29, 1.82) is 0 Å². The number of carbonyl (C=O) groups is 1. The lowest BCUT2D eigenvalue weighted by atomic mass is 9.96. The Labute approximate surface area is 119 Å². The quantitative estimate of drug-likeness (QED) is 0.903. The van der Waals surface area contributed by atoms with E-state index in [9.17, 15) is 4.79 Å². The van der Waals surface area contributed by atoms with Gasteiger partial charge in [-0.05, 0) is 25.8 Å². The molecule has 1 amide bonds. The molecule has 2 rings (SSSR count). The van der Waals surface area contributed by atoms with Crippen LogP contribution in [0.5, 0.6) is 0 Å². The third-order valence-electron chi connectivity index (χ3n) is 3.34. The van der Waals surface area contributed by atoms with Gasteiger partial charge in [0.25, 0.3) is 0 Å². The van der Waals surface area contributed by atoms with Gasteiger partial charge in [-0.2, -0.15) is 5.10 Å². The first-order valence-corrected chi connectivity index (χ1v) is 7.02. The monoisotopic (exact) mass is 271 g/mol. The molecule has 1 aromatic carbocycles. The van der Waals surface area contributed by atoms with Gasteiger partial charge in [-0.3, -0.25) is 4.79 Å². The van der Waals surface area contributed by atoms with E-state index in [2.05, 4.69) is 10.4 Å². The minimum absolute atomic E-state index is 0.0149. The molecule has 1 atom stereocenters. The van der Waals surface area contributed by atoms with Gasteiger partial charge in [0.1, 0.15) is 5.82 Å². The molecule has 106 valence electrons. The number of aromatic nitrogens is 2. The lowest BCUT2D eigenvalue weighted by molar-refractivity contribution is -0.117. The minimum Gasteiger partial charge on any atom is -0.310 e. The van der Waals surface area contributed by atoms with Gasteiger partial charge in [0.15, 0.2) is 0 Å². The summed E-state index contributed by atoms with van der Waals surface area (Å²) in [6, 6.07) is 11.9. The van der Waals surface area contributed by atoms with E-state index in [-0.39, 0.29) is 17.9 Å². The van der Waals surface area contributed by atoms with Gasteiger partial charge in [-0.1, -0.05) is 37.3 Å². The van der Waals surface area contributed by atoms with E-state index in [0.29, 0.717) is 0 Å². The highest BCUT2D eigenvalue weighted by Gasteiger charge is 2.20. The van der Waals surface area contributed by atoms with E-state index in [1.807, 2.05) is 61.9 Å². The lowest BCUT2D eigenvalue weighted by Gasteiger charge is -2.17. The second-order valence-corrected chi connectivity index (χ2v) is 5.12. The van der Waals surface area contributed by atoms with Crippen LogP contribution in [-0.2, 0) is 4.79 Å². The van der Waals surface area contributed by atoms with E-state index < -0.39 is 0 Å². The topological polar surface area (TPSA) is 46.9 Å². The van der Waals surface area contributed by atoms with E-state index in [1.165, 1.54) is 0 Å². The third kappa shape index (κ3) is 3.07. The van der Waals surface area contributed by atoms with Crippen molar-refractivity contribution >= 4 is 11.7 Å². The maximum absolute atomic E-state index is 12.5. The fraction of sp³-hybridized carbons (Fsp3) is 0.375. The lowest BCUT2D eigenvalue weighted by Crippen LogP contribution is -2.23. The number of benzene rings is 1. The molecule has 0 aliphatic rings. The van der Waals surface area contributed by atoms with Crippen LogP contribution in [0, 0.1) is 0 Å². The molecular weight excluding hydrogens is 250 g/mol. The van der Waals surface area contributed by atoms with Crippen LogP contribution >= 0.6 is 0 Å². The van der Waals surface area contributed by atoms with Crippen molar-refractivity contribution in [1.82, 2.24) is 9.78 Å². The molecule has 0 spiro atoms. The minimum atomic E-state index is -0.133. The molecule has 0 saturated heterocycles. The summed E-state index contributed by atoms with van der Waals surface area (Å²) < 4.78 is 1.82. The molecule has 1 aromatic heterocycles. The van der Waals surface area contributed by atoms with Crippen LogP contribution in [0.3, 0.4) is 0 Å². The normalized spacial score (nSPS) is 12.4. The van der Waals surface area contributed by atoms with Crippen molar-refractivity contribution < 1.29 is 4.79 Å². The zero-order valence-electron chi connectivity index (χ0n) is 12.2. The SMILES string of the molecule is CCC(C(=O)Nc1ccnn1C(C)C)c1ccccc1. The Hall–Kier alpha value is -2.10. The molecule has 1 heterocycles. The van der Waals surface area contributed by atoms with E-state index >= 15 is 0 Å². The van der Waals surface area contributed by atoms with Gasteiger partial charge in [0.2, 0.25) is 5.91 Å². The summed E-state index contributed by atoms with van der Waals surface area (Å²) in [6.45, 7) is 6.10. The van der Waals surface area contributed by atoms with Crippen LogP contribution in [0.4, 0.5) is 5.82 Å². The average Bonchev–Trinajstić information content (AvgIpc) is 2.89. The van der Waals surface area contributed by atoms with Gasteiger partial charge >= 0.3 is 0 Å². The molecule has 0 bridgehead atoms. The summed E-state index contributed by atoms with van der Waals surface area (Å²) in [5, 5.41) is 7.21. The van der Waals surface area contributed by atoms with Crippen LogP contribution < -0.4 is 5.32 Å². The Balaban J connectivity index is 2.16. The first-order valence-electron chi connectivity index (χ1n) is 7.02. The fourth-order valence-electron chi connectivity index (χ4n) is 2.30. The molecule has 1 unspecified atom stereocenters. The number of nitrogens with zero attached hydrogens (tertiary/aromatic N) is 2. The first-order chi connectivity index (χ1) is 9.63. The summed E-state index contributed by atoms with van der Waals surface area (Å²) in [5.41, 5.74) is 1.04. The summed E-state index contributed by atoms with van der Waals surface area (Å²) >= 11 is 0. The summed E-state index contributed by atoms with van der Waals surface area (Å²) in [4.78, 5) is 12.5. The highest BCUT2D eigenvalue weighted by Crippen LogP contribution is 2.22. The molecule has 20 heavy (non-hydrogen) atoms. The van der Waals surface area contributed by atoms with Crippen LogP contribution in [-0.4, -0.2) is 15.7 Å². The van der Waals surface area contributed by atoms with Gasteiger partial charge in [-0.25, -0.2) is 4.68 Å². The van der Waals surface area contributed by atoms with Gasteiger partial charge < -0.3 is 5.32 Å². The van der Waals surface area contributed by atoms with Crippen LogP contribution in [0.15, 0.2) is 42.6 Å². The first kappa shape index (κ1) is 14.3. The van der Waals surface area contributed by atoms with Crippen molar-refractivity contribution in [3.8, 4) is 0 Å². The predicted molar refractivity (Wildman–Crippen MR) is 80.7 cm³/mol. The Kier molecular flexibility index (Phi) is 4.56. The Morgan fingerprint density at radius 2 is 1.95 bits per heavy atom. The number of rotatable bonds is 5. The second-order valence-electron chi connectivity index (χ2n) is 5.12. The van der Waals surface area contributed by atoms with Crippen molar-refractivity contribution in [2.45, 2.75) is 39.2 Å². The second kappa shape index (κ2) is 6.37. The molecule has 0 fully saturated rings. The predicted octanol–water partition coefficient (Wildman–Crippen LogP) is 3.60. The third-order valence-corrected chi connectivity index (χ3v) is 3.34. The van der Waals surface area contributed by atoms with E-state index in [0.717, 1.165) is 17.8 Å². The summed E-state index contributed by atoms with van der Waals surface area (Å²) in [7, 11) is 0. The van der Waals surface area contributed by atoms with Crippen molar-refractivity contribution in [3.05, 3.63) is 48.2 Å². The molecule has 0 aliphatic carbocycles. The molecule has 0 aliphatic heterocycles. The number of nitrogens with one attached hydrogen (secondary N) is 1. The van der Waals surface area contributed by atoms with Crippen molar-refractivity contribution in [2.75, 3.05) is 5.32 Å². The number of hydrogen-bond donors (Lipinski definition) is 1. The zero-order valence-corrected chi connectivity index (χ0v) is 12.2. The van der Waals surface area contributed by atoms with Gasteiger partial charge in [0.05, 0.1) is 12.1 Å². The number of hydrogen-bond acceptors (Lipinski definition) is 2. The van der Waals surface area contributed by atoms with Crippen molar-refractivity contribution in [3.63, 3.8) is 0 Å². The van der Waals surface area contributed by atoms with Gasteiger partial charge in [-0.15, -0.1) is 0 Å². The Morgan fingerprint density at radius 3 is 2.55 bits per heavy atom. The molecular formula is C16H21N3O. The highest BCUT2D eigenvalue weighted by molar-refractivity contribution is 5.95. The Bertz CT molecular complexity index is 560. The largest absolute Gasteiger partial charge is 0.310 e. The zero-order chi connectivity index (χ0) is 14.5. The van der Waals surface area contributed by atoms with E-state index in [1.54, 1.807) is 6.20 Å². The number of anilines is 1. The molecule has 0 radical (unpaired) electrons. The van der Waals surface area contributed by atoms with Crippen LogP contribution in [0.25, 0.3) is 0 Å².